The van der Waals surface area contributed by atoms with Crippen LogP contribution in [0.2, 0.25) is 5.15 Å². The zero-order valence-corrected chi connectivity index (χ0v) is 14.5. The lowest BCUT2D eigenvalue weighted by Gasteiger charge is -2.37. The van der Waals surface area contributed by atoms with Gasteiger partial charge in [-0.1, -0.05) is 16.8 Å². The van der Waals surface area contributed by atoms with E-state index in [0.29, 0.717) is 30.4 Å². The first-order valence-corrected chi connectivity index (χ1v) is 8.30. The van der Waals surface area contributed by atoms with Gasteiger partial charge in [0, 0.05) is 19.6 Å². The van der Waals surface area contributed by atoms with Crippen LogP contribution in [0.3, 0.4) is 0 Å². The number of halogens is 1. The van der Waals surface area contributed by atoms with Gasteiger partial charge in [-0.25, -0.2) is 9.67 Å². The third kappa shape index (κ3) is 3.27. The molecule has 1 aliphatic heterocycles. The molecule has 23 heavy (non-hydrogen) atoms. The van der Waals surface area contributed by atoms with Crippen molar-refractivity contribution in [2.24, 2.45) is 7.05 Å². The lowest BCUT2D eigenvalue weighted by Crippen LogP contribution is -2.46. The van der Waals surface area contributed by atoms with Crippen LogP contribution < -0.4 is 0 Å². The highest BCUT2D eigenvalue weighted by Gasteiger charge is 2.37. The third-order valence-electron chi connectivity index (χ3n) is 4.46. The van der Waals surface area contributed by atoms with Gasteiger partial charge in [-0.05, 0) is 33.2 Å². The molecule has 0 bridgehead atoms. The second-order valence-electron chi connectivity index (χ2n) is 6.58. The molecule has 3 heterocycles. The summed E-state index contributed by atoms with van der Waals surface area (Å²) in [4.78, 5) is 6.52. The first-order chi connectivity index (χ1) is 10.9. The standard InChI is InChI=1S/C15H23ClN6O/c1-11(2)22-8-12(18-19-22)15(23)5-4-6-21(10-15)9-14-17-7-13(16)20(14)3/h7-8,11,23H,4-6,9-10H2,1-3H3. The van der Waals surface area contributed by atoms with Crippen LogP contribution in [-0.2, 0) is 19.2 Å². The number of nitrogens with zero attached hydrogens (tertiary/aromatic N) is 6. The van der Waals surface area contributed by atoms with Crippen LogP contribution in [0.15, 0.2) is 12.4 Å². The molecule has 3 rings (SSSR count). The monoisotopic (exact) mass is 338 g/mol. The molecule has 0 amide bonds. The van der Waals surface area contributed by atoms with Gasteiger partial charge < -0.3 is 9.67 Å². The maximum atomic E-state index is 11.0. The summed E-state index contributed by atoms with van der Waals surface area (Å²) in [7, 11) is 1.90. The van der Waals surface area contributed by atoms with Crippen LogP contribution in [0.25, 0.3) is 0 Å². The Labute approximate surface area is 140 Å². The van der Waals surface area contributed by atoms with Crippen molar-refractivity contribution >= 4 is 11.6 Å². The molecule has 1 aliphatic rings. The molecule has 0 radical (unpaired) electrons. The van der Waals surface area contributed by atoms with E-state index in [-0.39, 0.29) is 6.04 Å². The lowest BCUT2D eigenvalue weighted by atomic mass is 9.90. The highest BCUT2D eigenvalue weighted by Crippen LogP contribution is 2.31. The molecule has 2 aromatic heterocycles. The highest BCUT2D eigenvalue weighted by molar-refractivity contribution is 6.29. The van der Waals surface area contributed by atoms with Crippen molar-refractivity contribution in [3.63, 3.8) is 0 Å². The minimum Gasteiger partial charge on any atom is -0.382 e. The van der Waals surface area contributed by atoms with Crippen molar-refractivity contribution in [1.82, 2.24) is 29.4 Å². The van der Waals surface area contributed by atoms with Crippen molar-refractivity contribution in [3.8, 4) is 0 Å². The van der Waals surface area contributed by atoms with E-state index in [2.05, 4.69) is 20.2 Å². The number of hydrogen-bond acceptors (Lipinski definition) is 5. The molecule has 1 N–H and O–H groups in total. The Morgan fingerprint density at radius 3 is 2.83 bits per heavy atom. The minimum absolute atomic E-state index is 0.231. The fourth-order valence-electron chi connectivity index (χ4n) is 2.98. The molecule has 0 spiro atoms. The average molecular weight is 339 g/mol. The molecule has 126 valence electrons. The van der Waals surface area contributed by atoms with E-state index in [0.717, 1.165) is 18.8 Å². The molecule has 0 aromatic carbocycles. The van der Waals surface area contributed by atoms with Crippen LogP contribution in [0, 0.1) is 0 Å². The molecule has 0 aliphatic carbocycles. The molecule has 2 aromatic rings. The Bertz CT molecular complexity index is 681. The highest BCUT2D eigenvalue weighted by atomic mass is 35.5. The van der Waals surface area contributed by atoms with Crippen LogP contribution >= 0.6 is 11.6 Å². The molecule has 1 atom stereocenters. The van der Waals surface area contributed by atoms with Gasteiger partial charge in [0.15, 0.2) is 0 Å². The number of imidazole rings is 1. The Morgan fingerprint density at radius 1 is 1.43 bits per heavy atom. The third-order valence-corrected chi connectivity index (χ3v) is 4.81. The smallest absolute Gasteiger partial charge is 0.128 e. The first kappa shape index (κ1) is 16.4. The van der Waals surface area contributed by atoms with E-state index in [1.165, 1.54) is 0 Å². The summed E-state index contributed by atoms with van der Waals surface area (Å²) in [6, 6.07) is 0.231. The summed E-state index contributed by atoms with van der Waals surface area (Å²) in [6.07, 6.45) is 5.11. The van der Waals surface area contributed by atoms with E-state index < -0.39 is 5.60 Å². The van der Waals surface area contributed by atoms with E-state index in [1.54, 1.807) is 10.9 Å². The van der Waals surface area contributed by atoms with E-state index in [1.807, 2.05) is 31.7 Å². The number of β-amino-alcohol motifs (C(OH)–C–C–N with tert-alkyl or cyclic N) is 1. The number of aliphatic hydroxyl groups is 1. The van der Waals surface area contributed by atoms with Crippen molar-refractivity contribution in [1.29, 1.82) is 0 Å². The van der Waals surface area contributed by atoms with E-state index in [4.69, 9.17) is 11.6 Å². The molecule has 8 heteroatoms. The molecule has 7 nitrogen and oxygen atoms in total. The maximum absolute atomic E-state index is 11.0. The number of likely N-dealkylation sites (tertiary alicyclic amines) is 1. The minimum atomic E-state index is -0.958. The SMILES string of the molecule is CC(C)n1cc(C2(O)CCCN(Cc3ncc(Cl)n3C)C2)nn1. The molecular formula is C15H23ClN6O. The van der Waals surface area contributed by atoms with Crippen molar-refractivity contribution in [2.75, 3.05) is 13.1 Å². The number of aromatic nitrogens is 5. The normalized spacial score (nSPS) is 22.9. The summed E-state index contributed by atoms with van der Waals surface area (Å²) < 4.78 is 3.65. The Balaban J connectivity index is 1.75. The van der Waals surface area contributed by atoms with Crippen molar-refractivity contribution in [2.45, 2.75) is 44.9 Å². The number of hydrogen-bond donors (Lipinski definition) is 1. The summed E-state index contributed by atoms with van der Waals surface area (Å²) in [5, 5.41) is 20.0. The second kappa shape index (κ2) is 6.22. The fraction of sp³-hybridized carbons (Fsp3) is 0.667. The summed E-state index contributed by atoms with van der Waals surface area (Å²) in [5.41, 5.74) is -0.311. The van der Waals surface area contributed by atoms with Gasteiger partial charge in [0.1, 0.15) is 22.3 Å². The maximum Gasteiger partial charge on any atom is 0.128 e. The molecule has 1 saturated heterocycles. The van der Waals surface area contributed by atoms with E-state index in [9.17, 15) is 5.11 Å². The number of piperidine rings is 1. The summed E-state index contributed by atoms with van der Waals surface area (Å²) >= 11 is 6.04. The van der Waals surface area contributed by atoms with Crippen LogP contribution in [0.1, 0.15) is 44.2 Å². The predicted octanol–water partition coefficient (Wildman–Crippen LogP) is 1.73. The van der Waals surface area contributed by atoms with Crippen molar-refractivity contribution < 1.29 is 5.11 Å². The van der Waals surface area contributed by atoms with Crippen LogP contribution in [0.4, 0.5) is 0 Å². The Morgan fingerprint density at radius 2 is 2.22 bits per heavy atom. The van der Waals surface area contributed by atoms with Gasteiger partial charge in [-0.15, -0.1) is 5.10 Å². The van der Waals surface area contributed by atoms with Gasteiger partial charge in [-0.3, -0.25) is 4.90 Å². The quantitative estimate of drug-likeness (QED) is 0.919. The van der Waals surface area contributed by atoms with Gasteiger partial charge >= 0.3 is 0 Å². The first-order valence-electron chi connectivity index (χ1n) is 7.92. The van der Waals surface area contributed by atoms with Crippen LogP contribution in [0.5, 0.6) is 0 Å². The topological polar surface area (TPSA) is 72.0 Å². The average Bonchev–Trinajstić information content (AvgIpc) is 3.11. The Kier molecular flexibility index (Phi) is 4.44. The van der Waals surface area contributed by atoms with Gasteiger partial charge in [0.25, 0.3) is 0 Å². The zero-order valence-electron chi connectivity index (χ0n) is 13.8. The summed E-state index contributed by atoms with van der Waals surface area (Å²) in [5.74, 6) is 0.894. The second-order valence-corrected chi connectivity index (χ2v) is 6.97. The Hall–Kier alpha value is -1.44. The summed E-state index contributed by atoms with van der Waals surface area (Å²) in [6.45, 7) is 6.18. The fourth-order valence-corrected chi connectivity index (χ4v) is 3.13. The largest absolute Gasteiger partial charge is 0.382 e. The van der Waals surface area contributed by atoms with Gasteiger partial charge in [0.05, 0.1) is 18.9 Å². The van der Waals surface area contributed by atoms with Crippen molar-refractivity contribution in [3.05, 3.63) is 29.1 Å². The molecule has 0 saturated carbocycles. The van der Waals surface area contributed by atoms with Crippen LogP contribution in [-0.4, -0.2) is 47.6 Å². The predicted molar refractivity (Wildman–Crippen MR) is 87.0 cm³/mol. The number of rotatable bonds is 4. The molecule has 1 unspecified atom stereocenters. The lowest BCUT2D eigenvalue weighted by molar-refractivity contribution is -0.0422. The van der Waals surface area contributed by atoms with Gasteiger partial charge in [-0.2, -0.15) is 0 Å². The molecule has 1 fully saturated rings. The van der Waals surface area contributed by atoms with Gasteiger partial charge in [0.2, 0.25) is 0 Å². The van der Waals surface area contributed by atoms with E-state index >= 15 is 0 Å². The zero-order chi connectivity index (χ0) is 16.6. The molecular weight excluding hydrogens is 316 g/mol.